The first-order valence-electron chi connectivity index (χ1n) is 11.1. The Kier molecular flexibility index (Phi) is 7.10. The van der Waals surface area contributed by atoms with Gasteiger partial charge in [-0.3, -0.25) is 4.99 Å². The molecular formula is C26H32ClNO5. The highest BCUT2D eigenvalue weighted by Gasteiger charge is 2.39. The molecule has 0 radical (unpaired) electrons. The van der Waals surface area contributed by atoms with Crippen LogP contribution < -0.4 is 9.47 Å². The second kappa shape index (κ2) is 9.35. The quantitative estimate of drug-likeness (QED) is 0.612. The number of aliphatic imine (C=N–C) groups is 1. The van der Waals surface area contributed by atoms with Crippen LogP contribution in [0.1, 0.15) is 62.4 Å². The Morgan fingerprint density at radius 1 is 1.15 bits per heavy atom. The van der Waals surface area contributed by atoms with Gasteiger partial charge in [-0.05, 0) is 58.2 Å². The molecule has 1 N–H and O–H groups in total. The standard InChI is InChI=1S/C26H31NO5.ClH/c1-6-31-20-11-18-12-25(2,3)27-23(22(18)19-13-26(4,5)32-24(19)20)17-9-7-16(8-10-17)14-30-15-21(28)29;/h7-11H,6,12-15H2,1-5H3,(H,28,29);1H. The molecule has 0 bridgehead atoms. The van der Waals surface area contributed by atoms with Crippen LogP contribution in [0.3, 0.4) is 0 Å². The molecule has 0 amide bonds. The van der Waals surface area contributed by atoms with Gasteiger partial charge < -0.3 is 19.3 Å². The molecule has 0 unspecified atom stereocenters. The molecule has 178 valence electrons. The zero-order chi connectivity index (χ0) is 23.1. The first-order chi connectivity index (χ1) is 15.1. The zero-order valence-corrected chi connectivity index (χ0v) is 20.7. The van der Waals surface area contributed by atoms with Crippen molar-refractivity contribution >= 4 is 24.1 Å². The molecule has 2 aliphatic rings. The molecule has 7 heteroatoms. The zero-order valence-electron chi connectivity index (χ0n) is 19.9. The van der Waals surface area contributed by atoms with E-state index in [0.29, 0.717) is 6.61 Å². The van der Waals surface area contributed by atoms with E-state index in [0.717, 1.165) is 46.7 Å². The maximum absolute atomic E-state index is 10.7. The fourth-order valence-corrected chi connectivity index (χ4v) is 4.56. The topological polar surface area (TPSA) is 77.4 Å². The number of aliphatic carboxylic acids is 1. The Balaban J connectivity index is 0.00000306. The molecule has 0 atom stereocenters. The highest BCUT2D eigenvalue weighted by molar-refractivity contribution is 6.16. The Hall–Kier alpha value is -2.57. The number of hydrogen-bond acceptors (Lipinski definition) is 5. The number of halogens is 1. The van der Waals surface area contributed by atoms with Gasteiger partial charge in [0.15, 0.2) is 11.5 Å². The van der Waals surface area contributed by atoms with Crippen molar-refractivity contribution < 1.29 is 24.1 Å². The van der Waals surface area contributed by atoms with Crippen LogP contribution in [0.25, 0.3) is 0 Å². The van der Waals surface area contributed by atoms with E-state index in [4.69, 9.17) is 24.3 Å². The summed E-state index contributed by atoms with van der Waals surface area (Å²) in [4.78, 5) is 15.8. The number of carboxylic acid groups (broad SMARTS) is 1. The van der Waals surface area contributed by atoms with Crippen LogP contribution in [0.15, 0.2) is 35.3 Å². The first kappa shape index (κ1) is 25.1. The van der Waals surface area contributed by atoms with E-state index >= 15 is 0 Å². The SMILES string of the molecule is CCOc1cc2c(c3c1OC(C)(C)C3)C(c1ccc(COCC(=O)O)cc1)=NC(C)(C)C2.Cl. The second-order valence-electron chi connectivity index (χ2n) is 9.72. The molecule has 0 saturated heterocycles. The predicted molar refractivity (Wildman–Crippen MR) is 130 cm³/mol. The van der Waals surface area contributed by atoms with E-state index in [1.807, 2.05) is 31.2 Å². The molecule has 0 spiro atoms. The summed E-state index contributed by atoms with van der Waals surface area (Å²) in [6, 6.07) is 10.1. The third kappa shape index (κ3) is 5.33. The van der Waals surface area contributed by atoms with Crippen molar-refractivity contribution in [3.05, 3.63) is 58.1 Å². The van der Waals surface area contributed by atoms with Gasteiger partial charge in [-0.1, -0.05) is 24.3 Å². The van der Waals surface area contributed by atoms with Crippen molar-refractivity contribution in [3.63, 3.8) is 0 Å². The molecule has 0 aliphatic carbocycles. The number of rotatable bonds is 7. The molecule has 0 saturated carbocycles. The molecule has 2 aromatic carbocycles. The summed E-state index contributed by atoms with van der Waals surface area (Å²) in [7, 11) is 0. The number of carbonyl (C=O) groups is 1. The van der Waals surface area contributed by atoms with E-state index in [-0.39, 0.29) is 36.8 Å². The molecule has 2 aliphatic heterocycles. The summed E-state index contributed by atoms with van der Waals surface area (Å²) in [6.45, 7) is 11.0. The highest BCUT2D eigenvalue weighted by atomic mass is 35.5. The van der Waals surface area contributed by atoms with E-state index < -0.39 is 5.97 Å². The number of hydrogen-bond donors (Lipinski definition) is 1. The van der Waals surface area contributed by atoms with Crippen LogP contribution in [0, 0.1) is 0 Å². The summed E-state index contributed by atoms with van der Waals surface area (Å²) < 4.78 is 17.5. The summed E-state index contributed by atoms with van der Waals surface area (Å²) in [6.07, 6.45) is 1.63. The van der Waals surface area contributed by atoms with Gasteiger partial charge in [-0.2, -0.15) is 0 Å². The maximum atomic E-state index is 10.7. The predicted octanol–water partition coefficient (Wildman–Crippen LogP) is 4.99. The normalized spacial score (nSPS) is 17.2. The lowest BCUT2D eigenvalue weighted by Crippen LogP contribution is -2.30. The van der Waals surface area contributed by atoms with E-state index in [1.54, 1.807) is 0 Å². The van der Waals surface area contributed by atoms with Gasteiger partial charge >= 0.3 is 5.97 Å². The number of nitrogens with zero attached hydrogens (tertiary/aromatic N) is 1. The van der Waals surface area contributed by atoms with Crippen molar-refractivity contribution in [2.45, 2.75) is 65.2 Å². The van der Waals surface area contributed by atoms with Crippen molar-refractivity contribution in [2.75, 3.05) is 13.2 Å². The minimum Gasteiger partial charge on any atom is -0.490 e. The monoisotopic (exact) mass is 473 g/mol. The van der Waals surface area contributed by atoms with Crippen LogP contribution in [-0.2, 0) is 29.0 Å². The van der Waals surface area contributed by atoms with E-state index in [1.165, 1.54) is 11.1 Å². The maximum Gasteiger partial charge on any atom is 0.329 e. The van der Waals surface area contributed by atoms with Gasteiger partial charge in [-0.25, -0.2) is 4.79 Å². The third-order valence-corrected chi connectivity index (χ3v) is 5.70. The highest BCUT2D eigenvalue weighted by Crippen LogP contribution is 2.48. The molecule has 33 heavy (non-hydrogen) atoms. The van der Waals surface area contributed by atoms with Crippen LogP contribution in [0.5, 0.6) is 11.5 Å². The lowest BCUT2D eigenvalue weighted by Gasteiger charge is -2.31. The average molecular weight is 474 g/mol. The molecule has 0 fully saturated rings. The van der Waals surface area contributed by atoms with Gasteiger partial charge in [0.2, 0.25) is 0 Å². The summed E-state index contributed by atoms with van der Waals surface area (Å²) in [5.74, 6) is 0.680. The number of benzene rings is 2. The average Bonchev–Trinajstić information content (AvgIpc) is 3.02. The van der Waals surface area contributed by atoms with E-state index in [9.17, 15) is 4.79 Å². The second-order valence-corrected chi connectivity index (χ2v) is 9.72. The largest absolute Gasteiger partial charge is 0.490 e. The Morgan fingerprint density at radius 3 is 2.48 bits per heavy atom. The summed E-state index contributed by atoms with van der Waals surface area (Å²) in [5, 5.41) is 8.75. The minimum absolute atomic E-state index is 0. The molecule has 6 nitrogen and oxygen atoms in total. The summed E-state index contributed by atoms with van der Waals surface area (Å²) >= 11 is 0. The number of fused-ring (bicyclic) bond motifs is 3. The lowest BCUT2D eigenvalue weighted by molar-refractivity contribution is -0.142. The van der Waals surface area contributed by atoms with Crippen molar-refractivity contribution in [1.82, 2.24) is 0 Å². The Labute approximate surface area is 201 Å². The van der Waals surface area contributed by atoms with Crippen LogP contribution >= 0.6 is 12.4 Å². The third-order valence-electron chi connectivity index (χ3n) is 5.70. The minimum atomic E-state index is -0.970. The molecule has 0 aromatic heterocycles. The van der Waals surface area contributed by atoms with Crippen LogP contribution in [0.4, 0.5) is 0 Å². The molecule has 4 rings (SSSR count). The molecule has 2 heterocycles. The van der Waals surface area contributed by atoms with Crippen molar-refractivity contribution in [3.8, 4) is 11.5 Å². The van der Waals surface area contributed by atoms with Gasteiger partial charge in [0.1, 0.15) is 12.2 Å². The van der Waals surface area contributed by atoms with Gasteiger partial charge in [-0.15, -0.1) is 12.4 Å². The lowest BCUT2D eigenvalue weighted by atomic mass is 9.81. The Bertz CT molecular complexity index is 1070. The first-order valence-corrected chi connectivity index (χ1v) is 11.1. The van der Waals surface area contributed by atoms with E-state index in [2.05, 4.69) is 33.8 Å². The number of ether oxygens (including phenoxy) is 3. The fraction of sp³-hybridized carbons (Fsp3) is 0.462. The number of carboxylic acids is 1. The van der Waals surface area contributed by atoms with Gasteiger partial charge in [0.25, 0.3) is 0 Å². The fourth-order valence-electron chi connectivity index (χ4n) is 4.56. The Morgan fingerprint density at radius 2 is 1.85 bits per heavy atom. The van der Waals surface area contributed by atoms with Crippen molar-refractivity contribution in [2.24, 2.45) is 4.99 Å². The van der Waals surface area contributed by atoms with Crippen LogP contribution in [-0.4, -0.2) is 41.1 Å². The molecular weight excluding hydrogens is 442 g/mol. The molecule has 2 aromatic rings. The van der Waals surface area contributed by atoms with Gasteiger partial charge in [0.05, 0.1) is 24.5 Å². The smallest absolute Gasteiger partial charge is 0.329 e. The van der Waals surface area contributed by atoms with Gasteiger partial charge in [0, 0.05) is 23.1 Å². The van der Waals surface area contributed by atoms with Crippen molar-refractivity contribution in [1.29, 1.82) is 0 Å². The van der Waals surface area contributed by atoms with Crippen LogP contribution in [0.2, 0.25) is 0 Å². The summed E-state index contributed by atoms with van der Waals surface area (Å²) in [5.41, 5.74) is 5.93.